The second-order valence-corrected chi connectivity index (χ2v) is 4.48. The van der Waals surface area contributed by atoms with Crippen LogP contribution in [0.5, 0.6) is 5.75 Å². The van der Waals surface area contributed by atoms with Gasteiger partial charge in [0.05, 0.1) is 12.8 Å². The molecule has 5 heteroatoms. The first-order valence-corrected chi connectivity index (χ1v) is 6.93. The van der Waals surface area contributed by atoms with Crippen molar-refractivity contribution in [2.75, 3.05) is 25.1 Å². The fourth-order valence-electron chi connectivity index (χ4n) is 2.22. The van der Waals surface area contributed by atoms with Crippen LogP contribution in [0.1, 0.15) is 13.3 Å². The van der Waals surface area contributed by atoms with Crippen LogP contribution in [0.15, 0.2) is 36.7 Å². The van der Waals surface area contributed by atoms with Gasteiger partial charge in [0.2, 0.25) is 5.95 Å². The molecule has 0 amide bonds. The summed E-state index contributed by atoms with van der Waals surface area (Å²) in [6, 6.07) is 7.98. The first-order valence-electron chi connectivity index (χ1n) is 6.93. The maximum absolute atomic E-state index is 5.66. The summed E-state index contributed by atoms with van der Waals surface area (Å²) in [6.07, 6.45) is 4.71. The van der Waals surface area contributed by atoms with Gasteiger partial charge in [-0.2, -0.15) is 0 Å². The number of hydrogen-bond donors (Lipinski definition) is 1. The van der Waals surface area contributed by atoms with Crippen molar-refractivity contribution < 1.29 is 4.74 Å². The predicted molar refractivity (Wildman–Crippen MR) is 81.6 cm³/mol. The van der Waals surface area contributed by atoms with E-state index in [4.69, 9.17) is 10.5 Å². The van der Waals surface area contributed by atoms with Crippen LogP contribution >= 0.6 is 0 Å². The minimum atomic E-state index is 0.651. The number of imidazole rings is 1. The van der Waals surface area contributed by atoms with Crippen molar-refractivity contribution in [3.8, 4) is 5.75 Å². The van der Waals surface area contributed by atoms with Gasteiger partial charge in [0.15, 0.2) is 0 Å². The molecule has 20 heavy (non-hydrogen) atoms. The zero-order valence-electron chi connectivity index (χ0n) is 12.1. The number of nitrogens with two attached hydrogens (primary N) is 1. The third kappa shape index (κ3) is 2.93. The minimum Gasteiger partial charge on any atom is -0.495 e. The number of anilines is 2. The quantitative estimate of drug-likeness (QED) is 0.842. The lowest BCUT2D eigenvalue weighted by atomic mass is 10.2. The number of ether oxygens (including phenoxy) is 1. The topological polar surface area (TPSA) is 56.3 Å². The number of methoxy groups -OCH3 is 1. The van der Waals surface area contributed by atoms with Crippen molar-refractivity contribution >= 4 is 11.6 Å². The second kappa shape index (κ2) is 6.96. The van der Waals surface area contributed by atoms with Gasteiger partial charge in [-0.1, -0.05) is 12.1 Å². The monoisotopic (exact) mass is 274 g/mol. The summed E-state index contributed by atoms with van der Waals surface area (Å²) >= 11 is 0. The molecule has 2 N–H and O–H groups in total. The maximum atomic E-state index is 5.66. The normalized spacial score (nSPS) is 10.6. The zero-order valence-corrected chi connectivity index (χ0v) is 12.1. The molecule has 1 heterocycles. The summed E-state index contributed by atoms with van der Waals surface area (Å²) in [5, 5.41) is 0. The largest absolute Gasteiger partial charge is 0.495 e. The molecule has 0 aliphatic carbocycles. The van der Waals surface area contributed by atoms with Crippen molar-refractivity contribution in [3.63, 3.8) is 0 Å². The van der Waals surface area contributed by atoms with Crippen molar-refractivity contribution in [3.05, 3.63) is 36.7 Å². The Morgan fingerprint density at radius 2 is 2.15 bits per heavy atom. The average molecular weight is 274 g/mol. The van der Waals surface area contributed by atoms with Crippen LogP contribution in [0.3, 0.4) is 0 Å². The van der Waals surface area contributed by atoms with Gasteiger partial charge in [-0.15, -0.1) is 0 Å². The van der Waals surface area contributed by atoms with E-state index >= 15 is 0 Å². The van der Waals surface area contributed by atoms with Crippen LogP contribution in [-0.2, 0) is 6.54 Å². The van der Waals surface area contributed by atoms with E-state index in [0.717, 1.165) is 36.9 Å². The Morgan fingerprint density at radius 3 is 2.85 bits per heavy atom. The van der Waals surface area contributed by atoms with Gasteiger partial charge in [0, 0.05) is 25.5 Å². The van der Waals surface area contributed by atoms with E-state index in [1.165, 1.54) is 0 Å². The van der Waals surface area contributed by atoms with E-state index in [9.17, 15) is 0 Å². The lowest BCUT2D eigenvalue weighted by Crippen LogP contribution is -2.24. The summed E-state index contributed by atoms with van der Waals surface area (Å²) in [7, 11) is 1.69. The molecule has 1 aromatic carbocycles. The van der Waals surface area contributed by atoms with Crippen molar-refractivity contribution in [1.29, 1.82) is 0 Å². The summed E-state index contributed by atoms with van der Waals surface area (Å²) in [5.41, 5.74) is 6.68. The molecule has 2 aromatic rings. The summed E-state index contributed by atoms with van der Waals surface area (Å²) in [6.45, 7) is 4.45. The van der Waals surface area contributed by atoms with Crippen molar-refractivity contribution in [1.82, 2.24) is 9.55 Å². The number of aromatic nitrogens is 2. The molecule has 5 nitrogen and oxygen atoms in total. The molecule has 0 fully saturated rings. The van der Waals surface area contributed by atoms with E-state index in [0.29, 0.717) is 6.54 Å². The molecule has 1 aromatic heterocycles. The van der Waals surface area contributed by atoms with Crippen LogP contribution < -0.4 is 15.4 Å². The Kier molecular flexibility index (Phi) is 5.01. The molecule has 0 saturated heterocycles. The third-order valence-electron chi connectivity index (χ3n) is 3.24. The van der Waals surface area contributed by atoms with Gasteiger partial charge in [0.1, 0.15) is 5.75 Å². The summed E-state index contributed by atoms with van der Waals surface area (Å²) < 4.78 is 7.58. The number of hydrogen-bond acceptors (Lipinski definition) is 4. The molecular weight excluding hydrogens is 252 g/mol. The molecule has 0 spiro atoms. The van der Waals surface area contributed by atoms with Crippen LogP contribution in [0.25, 0.3) is 0 Å². The van der Waals surface area contributed by atoms with Gasteiger partial charge in [-0.05, 0) is 32.0 Å². The lowest BCUT2D eigenvalue weighted by Gasteiger charge is -2.25. The predicted octanol–water partition coefficient (Wildman–Crippen LogP) is 2.40. The van der Waals surface area contributed by atoms with Crippen LogP contribution in [-0.4, -0.2) is 29.8 Å². The highest BCUT2D eigenvalue weighted by Gasteiger charge is 2.17. The third-order valence-corrected chi connectivity index (χ3v) is 3.24. The minimum absolute atomic E-state index is 0.651. The molecule has 0 atom stereocenters. The summed E-state index contributed by atoms with van der Waals surface area (Å²) in [4.78, 5) is 6.65. The molecule has 0 bridgehead atoms. The van der Waals surface area contributed by atoms with Gasteiger partial charge >= 0.3 is 0 Å². The number of benzene rings is 1. The van der Waals surface area contributed by atoms with Gasteiger partial charge < -0.3 is 19.9 Å². The Balaban J connectivity index is 2.41. The highest BCUT2D eigenvalue weighted by molar-refractivity contribution is 5.65. The Labute approximate surface area is 120 Å². The maximum Gasteiger partial charge on any atom is 0.210 e. The second-order valence-electron chi connectivity index (χ2n) is 4.48. The van der Waals surface area contributed by atoms with Gasteiger partial charge in [-0.3, -0.25) is 0 Å². The molecule has 0 radical (unpaired) electrons. The SMILES string of the molecule is CCn1ccnc1N(CCCN)c1ccccc1OC. The average Bonchev–Trinajstić information content (AvgIpc) is 2.96. The first kappa shape index (κ1) is 14.4. The number of aryl methyl sites for hydroxylation is 1. The van der Waals surface area contributed by atoms with E-state index < -0.39 is 0 Å². The Morgan fingerprint density at radius 1 is 1.35 bits per heavy atom. The highest BCUT2D eigenvalue weighted by atomic mass is 16.5. The van der Waals surface area contributed by atoms with E-state index in [1.807, 2.05) is 36.7 Å². The van der Waals surface area contributed by atoms with E-state index in [1.54, 1.807) is 7.11 Å². The van der Waals surface area contributed by atoms with Gasteiger partial charge in [-0.25, -0.2) is 4.98 Å². The highest BCUT2D eigenvalue weighted by Crippen LogP contribution is 2.32. The van der Waals surface area contributed by atoms with Crippen LogP contribution in [0.4, 0.5) is 11.6 Å². The van der Waals surface area contributed by atoms with E-state index in [-0.39, 0.29) is 0 Å². The van der Waals surface area contributed by atoms with E-state index in [2.05, 4.69) is 21.4 Å². The fraction of sp³-hybridized carbons (Fsp3) is 0.400. The van der Waals surface area contributed by atoms with Crippen LogP contribution in [0.2, 0.25) is 0 Å². The Bertz CT molecular complexity index is 538. The van der Waals surface area contributed by atoms with Crippen LogP contribution in [0, 0.1) is 0 Å². The fourth-order valence-corrected chi connectivity index (χ4v) is 2.22. The molecule has 0 aliphatic heterocycles. The molecule has 2 rings (SSSR count). The smallest absolute Gasteiger partial charge is 0.210 e. The molecule has 108 valence electrons. The van der Waals surface area contributed by atoms with Gasteiger partial charge in [0.25, 0.3) is 0 Å². The van der Waals surface area contributed by atoms with Crippen molar-refractivity contribution in [2.45, 2.75) is 19.9 Å². The Hall–Kier alpha value is -2.01. The lowest BCUT2D eigenvalue weighted by molar-refractivity contribution is 0.415. The molecular formula is C15H22N4O. The molecule has 0 saturated carbocycles. The number of nitrogens with zero attached hydrogens (tertiary/aromatic N) is 3. The zero-order chi connectivity index (χ0) is 14.4. The first-order chi connectivity index (χ1) is 9.81. The number of para-hydroxylation sites is 2. The van der Waals surface area contributed by atoms with Crippen molar-refractivity contribution in [2.24, 2.45) is 5.73 Å². The molecule has 0 unspecified atom stereocenters. The number of rotatable bonds is 7. The molecule has 0 aliphatic rings. The standard InChI is InChI=1S/C15H22N4O/c1-3-18-12-10-17-15(18)19(11-6-9-16)13-7-4-5-8-14(13)20-2/h4-5,7-8,10,12H,3,6,9,11,16H2,1-2H3. The summed E-state index contributed by atoms with van der Waals surface area (Å²) in [5.74, 6) is 1.76.